The predicted molar refractivity (Wildman–Crippen MR) is 77.7 cm³/mol. The first-order chi connectivity index (χ1) is 9.75. The molecule has 0 unspecified atom stereocenters. The number of hydrogen-bond acceptors (Lipinski definition) is 5. The van der Waals surface area contributed by atoms with Crippen LogP contribution in [0.4, 0.5) is 5.82 Å². The fourth-order valence-corrected chi connectivity index (χ4v) is 2.50. The molecule has 1 aliphatic heterocycles. The molecule has 1 aromatic heterocycles. The van der Waals surface area contributed by atoms with Crippen molar-refractivity contribution in [1.29, 1.82) is 0 Å². The van der Waals surface area contributed by atoms with Gasteiger partial charge in [-0.3, -0.25) is 9.69 Å². The van der Waals surface area contributed by atoms with Crippen molar-refractivity contribution in [2.75, 3.05) is 38.6 Å². The molecule has 0 saturated carbocycles. The van der Waals surface area contributed by atoms with Crippen molar-refractivity contribution in [3.63, 3.8) is 0 Å². The fourth-order valence-electron chi connectivity index (χ4n) is 2.50. The standard InChI is InChI=1S/C14H18N4O2/c15-13-14(19)18(6-5-17-7-9-20-10-8-17)12-4-2-1-3-11(12)16-13/h1-4H,5-10H2,(H2,15,16). The van der Waals surface area contributed by atoms with Crippen LogP contribution in [0.5, 0.6) is 0 Å². The van der Waals surface area contributed by atoms with E-state index in [2.05, 4.69) is 9.88 Å². The van der Waals surface area contributed by atoms with Crippen LogP contribution in [0, 0.1) is 0 Å². The van der Waals surface area contributed by atoms with E-state index in [4.69, 9.17) is 10.5 Å². The van der Waals surface area contributed by atoms with Gasteiger partial charge in [0.1, 0.15) is 0 Å². The molecule has 3 rings (SSSR count). The van der Waals surface area contributed by atoms with Gasteiger partial charge in [0.25, 0.3) is 5.56 Å². The van der Waals surface area contributed by atoms with Gasteiger partial charge in [-0.15, -0.1) is 0 Å². The zero-order chi connectivity index (χ0) is 13.9. The number of anilines is 1. The molecule has 0 aliphatic carbocycles. The number of hydrogen-bond donors (Lipinski definition) is 1. The van der Waals surface area contributed by atoms with Crippen LogP contribution < -0.4 is 11.3 Å². The molecule has 0 atom stereocenters. The highest BCUT2D eigenvalue weighted by Crippen LogP contribution is 2.10. The number of rotatable bonds is 3. The van der Waals surface area contributed by atoms with Crippen LogP contribution >= 0.6 is 0 Å². The second-order valence-electron chi connectivity index (χ2n) is 4.90. The lowest BCUT2D eigenvalue weighted by Crippen LogP contribution is -2.39. The molecule has 0 amide bonds. The summed E-state index contributed by atoms with van der Waals surface area (Å²) in [7, 11) is 0. The molecule has 2 N–H and O–H groups in total. The number of aromatic nitrogens is 2. The summed E-state index contributed by atoms with van der Waals surface area (Å²) >= 11 is 0. The molecule has 106 valence electrons. The van der Waals surface area contributed by atoms with Gasteiger partial charge < -0.3 is 15.0 Å². The molecule has 2 heterocycles. The summed E-state index contributed by atoms with van der Waals surface area (Å²) in [6.45, 7) is 4.77. The van der Waals surface area contributed by atoms with Gasteiger partial charge in [-0.2, -0.15) is 0 Å². The second kappa shape index (κ2) is 5.60. The van der Waals surface area contributed by atoms with Gasteiger partial charge in [-0.1, -0.05) is 12.1 Å². The first-order valence-electron chi connectivity index (χ1n) is 6.81. The molecule has 6 heteroatoms. The Labute approximate surface area is 116 Å². The van der Waals surface area contributed by atoms with Crippen LogP contribution in [0.15, 0.2) is 29.1 Å². The zero-order valence-electron chi connectivity index (χ0n) is 11.3. The van der Waals surface area contributed by atoms with Crippen LogP contribution in [-0.2, 0) is 11.3 Å². The number of ether oxygens (including phenoxy) is 1. The normalized spacial score (nSPS) is 16.6. The highest BCUT2D eigenvalue weighted by molar-refractivity contribution is 5.75. The summed E-state index contributed by atoms with van der Waals surface area (Å²) in [5, 5.41) is 0. The Morgan fingerprint density at radius 3 is 2.75 bits per heavy atom. The molecule has 20 heavy (non-hydrogen) atoms. The maximum atomic E-state index is 12.2. The van der Waals surface area contributed by atoms with Crippen LogP contribution in [-0.4, -0.2) is 47.3 Å². The van der Waals surface area contributed by atoms with E-state index in [1.807, 2.05) is 24.3 Å². The van der Waals surface area contributed by atoms with Crippen LogP contribution in [0.3, 0.4) is 0 Å². The molecule has 2 aromatic rings. The zero-order valence-corrected chi connectivity index (χ0v) is 11.3. The Bertz CT molecular complexity index is 662. The van der Waals surface area contributed by atoms with Crippen LogP contribution in [0.25, 0.3) is 11.0 Å². The monoisotopic (exact) mass is 274 g/mol. The van der Waals surface area contributed by atoms with Crippen LogP contribution in [0.2, 0.25) is 0 Å². The van der Waals surface area contributed by atoms with E-state index in [0.717, 1.165) is 43.9 Å². The number of para-hydroxylation sites is 2. The Morgan fingerprint density at radius 2 is 1.95 bits per heavy atom. The van der Waals surface area contributed by atoms with Gasteiger partial charge in [0, 0.05) is 26.2 Å². The van der Waals surface area contributed by atoms with Gasteiger partial charge >= 0.3 is 0 Å². The average Bonchev–Trinajstić information content (AvgIpc) is 2.49. The SMILES string of the molecule is Nc1nc2ccccc2n(CCN2CCOCC2)c1=O. The molecule has 1 aliphatic rings. The number of nitrogens with zero attached hydrogens (tertiary/aromatic N) is 3. The molecule has 1 fully saturated rings. The summed E-state index contributed by atoms with van der Waals surface area (Å²) in [5.74, 6) is 0.0608. The first-order valence-corrected chi connectivity index (χ1v) is 6.81. The van der Waals surface area contributed by atoms with Gasteiger partial charge in [-0.05, 0) is 12.1 Å². The largest absolute Gasteiger partial charge is 0.379 e. The van der Waals surface area contributed by atoms with E-state index in [1.165, 1.54) is 0 Å². The van der Waals surface area contributed by atoms with E-state index in [-0.39, 0.29) is 11.4 Å². The lowest BCUT2D eigenvalue weighted by atomic mass is 10.3. The minimum absolute atomic E-state index is 0.0608. The molecule has 0 bridgehead atoms. The fraction of sp³-hybridized carbons (Fsp3) is 0.429. The third-order valence-corrected chi connectivity index (χ3v) is 3.62. The highest BCUT2D eigenvalue weighted by Gasteiger charge is 2.12. The summed E-state index contributed by atoms with van der Waals surface area (Å²) in [5.41, 5.74) is 7.10. The molecule has 6 nitrogen and oxygen atoms in total. The molecule has 1 saturated heterocycles. The number of benzene rings is 1. The topological polar surface area (TPSA) is 73.4 Å². The summed E-state index contributed by atoms with van der Waals surface area (Å²) in [4.78, 5) is 18.6. The number of fused-ring (bicyclic) bond motifs is 1. The second-order valence-corrected chi connectivity index (χ2v) is 4.90. The van der Waals surface area contributed by atoms with Gasteiger partial charge in [0.2, 0.25) is 0 Å². The molecule has 0 radical (unpaired) electrons. The van der Waals surface area contributed by atoms with E-state index in [0.29, 0.717) is 6.54 Å². The van der Waals surface area contributed by atoms with Gasteiger partial charge in [0.15, 0.2) is 5.82 Å². The maximum absolute atomic E-state index is 12.2. The average molecular weight is 274 g/mol. The van der Waals surface area contributed by atoms with E-state index >= 15 is 0 Å². The Morgan fingerprint density at radius 1 is 1.20 bits per heavy atom. The lowest BCUT2D eigenvalue weighted by Gasteiger charge is -2.26. The Hall–Kier alpha value is -1.92. The third-order valence-electron chi connectivity index (χ3n) is 3.62. The summed E-state index contributed by atoms with van der Waals surface area (Å²) < 4.78 is 7.04. The van der Waals surface area contributed by atoms with Crippen molar-refractivity contribution in [3.8, 4) is 0 Å². The molecular formula is C14H18N4O2. The van der Waals surface area contributed by atoms with Crippen molar-refractivity contribution in [1.82, 2.24) is 14.5 Å². The lowest BCUT2D eigenvalue weighted by molar-refractivity contribution is 0.0364. The van der Waals surface area contributed by atoms with Crippen LogP contribution in [0.1, 0.15) is 0 Å². The number of nitrogen functional groups attached to an aromatic ring is 1. The predicted octanol–water partition coefficient (Wildman–Crippen LogP) is 0.311. The molecule has 0 spiro atoms. The van der Waals surface area contributed by atoms with Crippen molar-refractivity contribution < 1.29 is 4.74 Å². The minimum Gasteiger partial charge on any atom is -0.379 e. The molecule has 1 aromatic carbocycles. The van der Waals surface area contributed by atoms with Crippen molar-refractivity contribution in [3.05, 3.63) is 34.6 Å². The summed E-state index contributed by atoms with van der Waals surface area (Å²) in [6, 6.07) is 7.58. The third kappa shape index (κ3) is 2.52. The van der Waals surface area contributed by atoms with Crippen molar-refractivity contribution >= 4 is 16.9 Å². The molecular weight excluding hydrogens is 256 g/mol. The Kier molecular flexibility index (Phi) is 3.66. The quantitative estimate of drug-likeness (QED) is 0.872. The maximum Gasteiger partial charge on any atom is 0.293 e. The summed E-state index contributed by atoms with van der Waals surface area (Å²) in [6.07, 6.45) is 0. The van der Waals surface area contributed by atoms with Crippen molar-refractivity contribution in [2.24, 2.45) is 0 Å². The van der Waals surface area contributed by atoms with E-state index in [1.54, 1.807) is 4.57 Å². The van der Waals surface area contributed by atoms with Gasteiger partial charge in [-0.25, -0.2) is 4.98 Å². The van der Waals surface area contributed by atoms with E-state index < -0.39 is 0 Å². The first kappa shape index (κ1) is 13.1. The number of morpholine rings is 1. The number of nitrogens with two attached hydrogens (primary N) is 1. The van der Waals surface area contributed by atoms with Gasteiger partial charge in [0.05, 0.1) is 24.2 Å². The Balaban J connectivity index is 1.89. The minimum atomic E-state index is -0.211. The van der Waals surface area contributed by atoms with Crippen molar-refractivity contribution in [2.45, 2.75) is 6.54 Å². The smallest absolute Gasteiger partial charge is 0.293 e. The van der Waals surface area contributed by atoms with E-state index in [9.17, 15) is 4.79 Å². The highest BCUT2D eigenvalue weighted by atomic mass is 16.5.